The standard InChI is InChI=1S/C25H19F3N8O2/c1-14-20(12-30)22(17-8-6-16(11-29)7-9-17)36-24(33-23(34-36)32-21(38)13-31-15(2)37)35(14)19-5-3-4-18(10-19)25(26,27)28/h3-10,22H,13H2,1-2H3,(H,31,37)(H,32,34,38). The summed E-state index contributed by atoms with van der Waals surface area (Å²) in [5.74, 6) is -1.19. The number of nitrogens with one attached hydrogen (secondary N) is 2. The van der Waals surface area contributed by atoms with Gasteiger partial charge in [0.15, 0.2) is 0 Å². The van der Waals surface area contributed by atoms with Crippen molar-refractivity contribution >= 4 is 29.4 Å². The molecule has 1 aliphatic heterocycles. The van der Waals surface area contributed by atoms with Gasteiger partial charge in [0.2, 0.25) is 17.8 Å². The van der Waals surface area contributed by atoms with E-state index in [0.717, 1.165) is 12.1 Å². The number of nitriles is 2. The summed E-state index contributed by atoms with van der Waals surface area (Å²) < 4.78 is 41.8. The third kappa shape index (κ3) is 5.03. The number of alkyl halides is 3. The largest absolute Gasteiger partial charge is 0.416 e. The zero-order valence-electron chi connectivity index (χ0n) is 20.0. The van der Waals surface area contributed by atoms with E-state index >= 15 is 0 Å². The fourth-order valence-corrected chi connectivity index (χ4v) is 3.98. The van der Waals surface area contributed by atoms with Gasteiger partial charge in [0.25, 0.3) is 5.95 Å². The van der Waals surface area contributed by atoms with Crippen LogP contribution in [0.5, 0.6) is 0 Å². The van der Waals surface area contributed by atoms with Crippen LogP contribution >= 0.6 is 0 Å². The fourth-order valence-electron chi connectivity index (χ4n) is 3.98. The second-order valence-electron chi connectivity index (χ2n) is 8.27. The average Bonchev–Trinajstić information content (AvgIpc) is 3.28. The Balaban J connectivity index is 1.87. The van der Waals surface area contributed by atoms with E-state index in [2.05, 4.69) is 26.8 Å². The van der Waals surface area contributed by atoms with Crippen molar-refractivity contribution in [3.8, 4) is 12.1 Å². The van der Waals surface area contributed by atoms with E-state index in [4.69, 9.17) is 5.26 Å². The van der Waals surface area contributed by atoms with Crippen LogP contribution < -0.4 is 15.5 Å². The number of halogens is 3. The minimum atomic E-state index is -4.61. The summed E-state index contributed by atoms with van der Waals surface area (Å²) in [6.45, 7) is 2.47. The van der Waals surface area contributed by atoms with Gasteiger partial charge in [-0.05, 0) is 42.8 Å². The number of benzene rings is 2. The van der Waals surface area contributed by atoms with Crippen molar-refractivity contribution in [1.29, 1.82) is 10.5 Å². The number of fused-ring (bicyclic) bond motifs is 1. The number of rotatable bonds is 5. The first-order valence-electron chi connectivity index (χ1n) is 11.1. The summed E-state index contributed by atoms with van der Waals surface area (Å²) in [5, 5.41) is 28.4. The molecule has 0 bridgehead atoms. The molecular formula is C25H19F3N8O2. The van der Waals surface area contributed by atoms with Gasteiger partial charge in [-0.3, -0.25) is 19.8 Å². The van der Waals surface area contributed by atoms with Gasteiger partial charge in [-0.1, -0.05) is 18.2 Å². The minimum Gasteiger partial charge on any atom is -0.347 e. The topological polar surface area (TPSA) is 140 Å². The molecule has 13 heteroatoms. The maximum atomic E-state index is 13.5. The molecule has 2 amide bonds. The molecule has 0 saturated heterocycles. The Morgan fingerprint density at radius 1 is 1.11 bits per heavy atom. The molecule has 0 saturated carbocycles. The molecule has 10 nitrogen and oxygen atoms in total. The molecule has 1 aliphatic rings. The highest BCUT2D eigenvalue weighted by molar-refractivity contribution is 5.93. The van der Waals surface area contributed by atoms with Crippen molar-refractivity contribution in [3.63, 3.8) is 0 Å². The summed E-state index contributed by atoms with van der Waals surface area (Å²) in [7, 11) is 0. The molecule has 2 heterocycles. The lowest BCUT2D eigenvalue weighted by molar-refractivity contribution is -0.137. The molecule has 0 fully saturated rings. The second-order valence-corrected chi connectivity index (χ2v) is 8.27. The summed E-state index contributed by atoms with van der Waals surface area (Å²) in [5.41, 5.74) is 0.598. The van der Waals surface area contributed by atoms with Crippen LogP contribution in [0.15, 0.2) is 59.8 Å². The number of hydrogen-bond donors (Lipinski definition) is 2. The summed E-state index contributed by atoms with van der Waals surface area (Å²) in [4.78, 5) is 29.1. The molecule has 1 unspecified atom stereocenters. The lowest BCUT2D eigenvalue weighted by Gasteiger charge is -2.34. The highest BCUT2D eigenvalue weighted by atomic mass is 19.4. The van der Waals surface area contributed by atoms with Crippen molar-refractivity contribution in [2.24, 2.45) is 0 Å². The number of amides is 2. The van der Waals surface area contributed by atoms with E-state index in [1.165, 1.54) is 28.6 Å². The predicted octanol–water partition coefficient (Wildman–Crippen LogP) is 3.78. The number of allylic oxidation sites excluding steroid dienone is 2. The second kappa shape index (κ2) is 10.1. The van der Waals surface area contributed by atoms with E-state index in [1.807, 2.05) is 6.07 Å². The van der Waals surface area contributed by atoms with E-state index in [1.54, 1.807) is 31.2 Å². The lowest BCUT2D eigenvalue weighted by atomic mass is 9.95. The molecule has 3 aromatic rings. The quantitative estimate of drug-likeness (QED) is 0.522. The average molecular weight is 520 g/mol. The Bertz CT molecular complexity index is 1530. The van der Waals surface area contributed by atoms with Gasteiger partial charge in [-0.15, -0.1) is 5.10 Å². The Hall–Kier alpha value is -5.17. The van der Waals surface area contributed by atoms with Gasteiger partial charge in [0, 0.05) is 18.3 Å². The first-order valence-corrected chi connectivity index (χ1v) is 11.1. The van der Waals surface area contributed by atoms with Crippen molar-refractivity contribution in [1.82, 2.24) is 20.1 Å². The Kier molecular flexibility index (Phi) is 6.86. The number of carbonyl (C=O) groups is 2. The number of anilines is 3. The van der Waals surface area contributed by atoms with Crippen molar-refractivity contribution in [2.75, 3.05) is 16.8 Å². The maximum Gasteiger partial charge on any atom is 0.416 e. The highest BCUT2D eigenvalue weighted by Gasteiger charge is 2.37. The van der Waals surface area contributed by atoms with Gasteiger partial charge in [0.05, 0.1) is 35.4 Å². The molecule has 1 atom stereocenters. The van der Waals surface area contributed by atoms with Gasteiger partial charge in [-0.25, -0.2) is 4.68 Å². The molecule has 192 valence electrons. The first kappa shape index (κ1) is 25.9. The number of carbonyl (C=O) groups excluding carboxylic acids is 2. The Labute approximate surface area is 214 Å². The van der Waals surface area contributed by atoms with Crippen LogP contribution in [-0.4, -0.2) is 33.1 Å². The van der Waals surface area contributed by atoms with Crippen LogP contribution in [0.25, 0.3) is 0 Å². The summed E-state index contributed by atoms with van der Waals surface area (Å²) in [6.07, 6.45) is -4.61. The van der Waals surface area contributed by atoms with E-state index < -0.39 is 29.6 Å². The zero-order chi connectivity index (χ0) is 27.6. The third-order valence-corrected chi connectivity index (χ3v) is 5.71. The zero-order valence-corrected chi connectivity index (χ0v) is 20.0. The normalized spacial score (nSPS) is 14.8. The molecule has 0 radical (unpaired) electrons. The van der Waals surface area contributed by atoms with E-state index in [9.17, 15) is 28.0 Å². The number of hydrogen-bond acceptors (Lipinski definition) is 7. The number of nitrogens with zero attached hydrogens (tertiary/aromatic N) is 6. The first-order chi connectivity index (χ1) is 18.0. The lowest BCUT2D eigenvalue weighted by Crippen LogP contribution is -2.31. The van der Waals surface area contributed by atoms with Crippen LogP contribution in [0.3, 0.4) is 0 Å². The third-order valence-electron chi connectivity index (χ3n) is 5.71. The molecule has 1 aromatic heterocycles. The van der Waals surface area contributed by atoms with Crippen LogP contribution in [0, 0.1) is 22.7 Å². The maximum absolute atomic E-state index is 13.5. The number of aromatic nitrogens is 3. The molecule has 38 heavy (non-hydrogen) atoms. The van der Waals surface area contributed by atoms with Crippen LogP contribution in [0.1, 0.15) is 36.6 Å². The van der Waals surface area contributed by atoms with Crippen molar-refractivity contribution in [2.45, 2.75) is 26.1 Å². The van der Waals surface area contributed by atoms with Gasteiger partial charge in [-0.2, -0.15) is 28.7 Å². The van der Waals surface area contributed by atoms with Gasteiger partial charge >= 0.3 is 6.18 Å². The fraction of sp³-hybridized carbons (Fsp3) is 0.200. The van der Waals surface area contributed by atoms with Crippen LogP contribution in [0.4, 0.5) is 30.8 Å². The summed E-state index contributed by atoms with van der Waals surface area (Å²) in [6, 6.07) is 14.2. The molecule has 2 N–H and O–H groups in total. The van der Waals surface area contributed by atoms with Crippen LogP contribution in [0.2, 0.25) is 0 Å². The molecule has 2 aromatic carbocycles. The molecule has 4 rings (SSSR count). The van der Waals surface area contributed by atoms with Crippen LogP contribution in [-0.2, 0) is 15.8 Å². The Morgan fingerprint density at radius 3 is 2.42 bits per heavy atom. The molecule has 0 aliphatic carbocycles. The monoisotopic (exact) mass is 520 g/mol. The molecule has 0 spiro atoms. The SMILES string of the molecule is CC(=O)NCC(=O)Nc1nc2n(n1)C(c1ccc(C#N)cc1)C(C#N)=C(C)N2c1cccc(C(F)(F)F)c1. The van der Waals surface area contributed by atoms with Gasteiger partial charge < -0.3 is 5.32 Å². The van der Waals surface area contributed by atoms with E-state index in [-0.39, 0.29) is 29.7 Å². The minimum absolute atomic E-state index is 0.0463. The molecular weight excluding hydrogens is 501 g/mol. The van der Waals surface area contributed by atoms with E-state index in [0.29, 0.717) is 16.8 Å². The Morgan fingerprint density at radius 2 is 1.82 bits per heavy atom. The highest BCUT2D eigenvalue weighted by Crippen LogP contribution is 2.43. The smallest absolute Gasteiger partial charge is 0.347 e. The van der Waals surface area contributed by atoms with Crippen molar-refractivity contribution < 1.29 is 22.8 Å². The van der Waals surface area contributed by atoms with Gasteiger partial charge in [0.1, 0.15) is 6.04 Å². The van der Waals surface area contributed by atoms with Crippen molar-refractivity contribution in [3.05, 3.63) is 76.5 Å². The summed E-state index contributed by atoms with van der Waals surface area (Å²) >= 11 is 0. The predicted molar refractivity (Wildman–Crippen MR) is 129 cm³/mol.